The van der Waals surface area contributed by atoms with Crippen LogP contribution in [0.3, 0.4) is 0 Å². The van der Waals surface area contributed by atoms with Crippen molar-refractivity contribution in [2.45, 2.75) is 25.2 Å². The molecule has 0 amide bonds. The Morgan fingerprint density at radius 3 is 2.24 bits per heavy atom. The summed E-state index contributed by atoms with van der Waals surface area (Å²) in [6.07, 6.45) is -0.462. The zero-order valence-electron chi connectivity index (χ0n) is 24.2. The molecule has 1 unspecified atom stereocenters. The van der Waals surface area contributed by atoms with E-state index in [0.717, 1.165) is 0 Å². The lowest BCUT2D eigenvalue weighted by Gasteiger charge is -2.28. The number of benzene rings is 2. The lowest BCUT2D eigenvalue weighted by atomic mass is 9.99. The number of nitriles is 2. The molecule has 2 aromatic carbocycles. The lowest BCUT2D eigenvalue weighted by molar-refractivity contribution is 0.104. The molecular formula is C30H31N7O4S. The summed E-state index contributed by atoms with van der Waals surface area (Å²) in [6.45, 7) is 3.97. The van der Waals surface area contributed by atoms with Gasteiger partial charge in [-0.1, -0.05) is 28.9 Å². The van der Waals surface area contributed by atoms with Gasteiger partial charge in [0.15, 0.2) is 5.82 Å². The molecule has 0 aliphatic carbocycles. The number of nitrogens with zero attached hydrogens (tertiary/aromatic N) is 6. The van der Waals surface area contributed by atoms with Crippen LogP contribution in [-0.4, -0.2) is 58.8 Å². The first kappa shape index (κ1) is 30.1. The van der Waals surface area contributed by atoms with Gasteiger partial charge in [-0.05, 0) is 55.1 Å². The van der Waals surface area contributed by atoms with E-state index in [1.165, 1.54) is 0 Å². The molecule has 4 rings (SSSR count). The van der Waals surface area contributed by atoms with E-state index in [0.29, 0.717) is 57.2 Å². The average molecular weight is 586 g/mol. The smallest absolute Gasteiger partial charge is 0.239 e. The van der Waals surface area contributed by atoms with Gasteiger partial charge >= 0.3 is 0 Å². The van der Waals surface area contributed by atoms with E-state index in [9.17, 15) is 10.5 Å². The van der Waals surface area contributed by atoms with Crippen LogP contribution < -0.4 is 18.9 Å². The summed E-state index contributed by atoms with van der Waals surface area (Å²) in [7, 11) is 5.67. The van der Waals surface area contributed by atoms with Crippen molar-refractivity contribution in [3.63, 3.8) is 0 Å². The normalized spacial score (nSPS) is 13.0. The molecule has 4 aromatic rings. The zero-order valence-corrected chi connectivity index (χ0v) is 25.0. The summed E-state index contributed by atoms with van der Waals surface area (Å²) >= 11 is 0. The number of methoxy groups -OCH3 is 4. The highest BCUT2D eigenvalue weighted by Gasteiger charge is 2.28. The fourth-order valence-corrected chi connectivity index (χ4v) is 6.18. The summed E-state index contributed by atoms with van der Waals surface area (Å²) in [5.74, 6) is 2.37. The third kappa shape index (κ3) is 5.91. The predicted molar refractivity (Wildman–Crippen MR) is 162 cm³/mol. The molecule has 2 heterocycles. The van der Waals surface area contributed by atoms with Gasteiger partial charge in [-0.15, -0.1) is 10.2 Å². The molecule has 0 fully saturated rings. The van der Waals surface area contributed by atoms with E-state index in [4.69, 9.17) is 18.9 Å². The van der Waals surface area contributed by atoms with E-state index in [-0.39, 0.29) is 5.25 Å². The molecule has 0 spiro atoms. The SMILES string of the molecule is C/C=S(\Nc1nnc(-c2cccc(OC)n2)n1-c1c(OC)cccc1OC)[C@H](C)[C@H](OC)c1ccc(C#N)cc1C#N. The van der Waals surface area contributed by atoms with Gasteiger partial charge < -0.3 is 23.7 Å². The Morgan fingerprint density at radius 1 is 0.929 bits per heavy atom. The Bertz CT molecular complexity index is 1670. The topological polar surface area (TPSA) is 140 Å². The average Bonchev–Trinajstić information content (AvgIpc) is 3.46. The first-order valence-corrected chi connectivity index (χ1v) is 14.2. The van der Waals surface area contributed by atoms with Crippen molar-refractivity contribution >= 4 is 22.0 Å². The summed E-state index contributed by atoms with van der Waals surface area (Å²) in [5.41, 5.74) is 2.61. The zero-order chi connectivity index (χ0) is 30.2. The number of hydrogen-bond acceptors (Lipinski definition) is 10. The number of nitrogens with one attached hydrogen (secondary N) is 1. The van der Waals surface area contributed by atoms with Crippen LogP contribution in [0.1, 0.15) is 36.6 Å². The molecule has 216 valence electrons. The molecule has 0 bridgehead atoms. The monoisotopic (exact) mass is 585 g/mol. The highest BCUT2D eigenvalue weighted by molar-refractivity contribution is 8.16. The van der Waals surface area contributed by atoms with Gasteiger partial charge in [0.1, 0.15) is 22.9 Å². The van der Waals surface area contributed by atoms with Gasteiger partial charge in [0, 0.05) is 18.4 Å². The Morgan fingerprint density at radius 2 is 1.64 bits per heavy atom. The minimum absolute atomic E-state index is 0.164. The van der Waals surface area contributed by atoms with Crippen LogP contribution in [-0.2, 0) is 4.74 Å². The molecule has 0 aliphatic heterocycles. The van der Waals surface area contributed by atoms with Crippen LogP contribution >= 0.6 is 10.7 Å². The Balaban J connectivity index is 1.85. The number of anilines is 1. The Labute approximate surface area is 247 Å². The van der Waals surface area contributed by atoms with Crippen molar-refractivity contribution in [3.05, 3.63) is 71.3 Å². The van der Waals surface area contributed by atoms with Crippen LogP contribution in [0.2, 0.25) is 0 Å². The maximum absolute atomic E-state index is 9.81. The number of pyridine rings is 1. The van der Waals surface area contributed by atoms with Gasteiger partial charge in [-0.2, -0.15) is 10.5 Å². The van der Waals surface area contributed by atoms with Crippen LogP contribution in [0.25, 0.3) is 17.2 Å². The quantitative estimate of drug-likeness (QED) is 0.231. The fraction of sp³-hybridized carbons (Fsp3) is 0.267. The van der Waals surface area contributed by atoms with E-state index < -0.39 is 16.8 Å². The number of rotatable bonds is 11. The van der Waals surface area contributed by atoms with E-state index in [1.54, 1.807) is 57.3 Å². The first-order valence-electron chi connectivity index (χ1n) is 12.9. The molecule has 0 radical (unpaired) electrons. The standard InChI is InChI=1S/C30H31N7O4S/c1-7-42(19(2)28(41-6)22-15-14-20(17-31)16-21(22)18-32)36-30-35-34-29(23-10-8-13-26(33-23)40-5)37(30)27-24(38-3)11-9-12-25(27)39-4/h7-16,19,28H,1-6H3,(H,35,36)/t19-,28+,42?/m1/s1. The van der Waals surface area contributed by atoms with E-state index in [2.05, 4.69) is 32.0 Å². The van der Waals surface area contributed by atoms with Gasteiger partial charge in [0.05, 0.1) is 50.7 Å². The number of hydrogen-bond donors (Lipinski definition) is 1. The van der Waals surface area contributed by atoms with Crippen molar-refractivity contribution in [2.24, 2.45) is 0 Å². The molecule has 2 aromatic heterocycles. The maximum atomic E-state index is 9.81. The van der Waals surface area contributed by atoms with Gasteiger partial charge in [0.25, 0.3) is 0 Å². The molecule has 3 atom stereocenters. The van der Waals surface area contributed by atoms with Crippen molar-refractivity contribution < 1.29 is 18.9 Å². The van der Waals surface area contributed by atoms with Crippen LogP contribution in [0, 0.1) is 22.7 Å². The van der Waals surface area contributed by atoms with Crippen molar-refractivity contribution in [3.8, 4) is 46.7 Å². The van der Waals surface area contributed by atoms with Crippen molar-refractivity contribution in [2.75, 3.05) is 33.2 Å². The summed E-state index contributed by atoms with van der Waals surface area (Å²) < 4.78 is 28.1. The van der Waals surface area contributed by atoms with Crippen LogP contribution in [0.15, 0.2) is 54.6 Å². The molecule has 0 saturated carbocycles. The third-order valence-corrected chi connectivity index (χ3v) is 8.58. The lowest BCUT2D eigenvalue weighted by Crippen LogP contribution is -2.20. The van der Waals surface area contributed by atoms with Crippen LogP contribution in [0.4, 0.5) is 5.95 Å². The molecular weight excluding hydrogens is 554 g/mol. The second-order valence-electron chi connectivity index (χ2n) is 8.86. The van der Waals surface area contributed by atoms with Crippen molar-refractivity contribution in [1.29, 1.82) is 10.5 Å². The Hall–Kier alpha value is -4.91. The summed E-state index contributed by atoms with van der Waals surface area (Å²) in [6, 6.07) is 20.2. The van der Waals surface area contributed by atoms with Gasteiger partial charge in [-0.25, -0.2) is 4.98 Å². The molecule has 0 saturated heterocycles. The van der Waals surface area contributed by atoms with Crippen LogP contribution in [0.5, 0.6) is 17.4 Å². The molecule has 11 nitrogen and oxygen atoms in total. The largest absolute Gasteiger partial charge is 0.494 e. The van der Waals surface area contributed by atoms with E-state index in [1.807, 2.05) is 49.5 Å². The summed E-state index contributed by atoms with van der Waals surface area (Å²) in [5, 5.41) is 30.0. The van der Waals surface area contributed by atoms with E-state index >= 15 is 0 Å². The first-order chi connectivity index (χ1) is 20.4. The maximum Gasteiger partial charge on any atom is 0.239 e. The van der Waals surface area contributed by atoms with Crippen molar-refractivity contribution in [1.82, 2.24) is 19.7 Å². The van der Waals surface area contributed by atoms with Gasteiger partial charge in [-0.3, -0.25) is 4.57 Å². The minimum atomic E-state index is -0.650. The number of ether oxygens (including phenoxy) is 4. The number of aromatic nitrogens is 4. The second-order valence-corrected chi connectivity index (χ2v) is 11.0. The van der Waals surface area contributed by atoms with Gasteiger partial charge in [0.2, 0.25) is 11.8 Å². The Kier molecular flexibility index (Phi) is 9.76. The molecule has 0 aliphatic rings. The minimum Gasteiger partial charge on any atom is -0.494 e. The highest BCUT2D eigenvalue weighted by atomic mass is 32.2. The number of para-hydroxylation sites is 1. The molecule has 42 heavy (non-hydrogen) atoms. The second kappa shape index (κ2) is 13.6. The fourth-order valence-electron chi connectivity index (χ4n) is 4.58. The molecule has 12 heteroatoms. The predicted octanol–water partition coefficient (Wildman–Crippen LogP) is 5.29. The summed E-state index contributed by atoms with van der Waals surface area (Å²) in [4.78, 5) is 4.59. The highest BCUT2D eigenvalue weighted by Crippen LogP contribution is 2.40. The third-order valence-electron chi connectivity index (χ3n) is 6.60. The molecule has 1 N–H and O–H groups in total.